The summed E-state index contributed by atoms with van der Waals surface area (Å²) < 4.78 is 4.75. The van der Waals surface area contributed by atoms with Crippen molar-refractivity contribution in [1.82, 2.24) is 0 Å². The summed E-state index contributed by atoms with van der Waals surface area (Å²) in [6.45, 7) is 1.47. The number of carbonyl (C=O) groups is 1. The molecule has 4 heteroatoms. The van der Waals surface area contributed by atoms with Gasteiger partial charge in [-0.1, -0.05) is 0 Å². The van der Waals surface area contributed by atoms with Gasteiger partial charge in [-0.25, -0.2) is 0 Å². The van der Waals surface area contributed by atoms with Crippen LogP contribution in [-0.2, 0) is 0 Å². The zero-order valence-corrected chi connectivity index (χ0v) is 4.55. The van der Waals surface area contributed by atoms with Crippen molar-refractivity contribution in [3.63, 3.8) is 0 Å². The molecule has 0 bridgehead atoms. The minimum atomic E-state index is -0.0324. The summed E-state index contributed by atoms with van der Waals surface area (Å²) in [6.07, 6.45) is 1.48. The molecular weight excluding hydrogens is 150 g/mol. The van der Waals surface area contributed by atoms with Crippen LogP contribution in [0.5, 0.6) is 0 Å². The Kier molecular flexibility index (Phi) is 9.00. The molecule has 1 aromatic heterocycles. The van der Waals surface area contributed by atoms with E-state index in [0.29, 0.717) is 5.76 Å². The van der Waals surface area contributed by atoms with Crippen molar-refractivity contribution in [2.45, 2.75) is 6.92 Å². The summed E-state index contributed by atoms with van der Waals surface area (Å²) in [6, 6.07) is 3.33. The number of rotatable bonds is 1. The molecule has 0 fully saturated rings. The topological polar surface area (TPSA) is 30.2 Å². The number of hydrogen-bond donors (Lipinski definition) is 0. The first-order valence-electron chi connectivity index (χ1n) is 2.35. The summed E-state index contributed by atoms with van der Waals surface area (Å²) in [7, 11) is 0. The van der Waals surface area contributed by atoms with Crippen molar-refractivity contribution in [2.24, 2.45) is 0 Å². The van der Waals surface area contributed by atoms with Crippen molar-refractivity contribution >= 4 is 64.9 Å². The maximum absolute atomic E-state index is 10.4. The first kappa shape index (κ1) is 13.5. The van der Waals surface area contributed by atoms with E-state index in [2.05, 4.69) is 0 Å². The zero-order chi connectivity index (χ0) is 5.98. The van der Waals surface area contributed by atoms with Crippen LogP contribution in [0.15, 0.2) is 22.8 Å². The molecule has 1 heterocycles. The molecule has 0 aliphatic rings. The van der Waals surface area contributed by atoms with Crippen LogP contribution in [0.4, 0.5) is 0 Å². The number of ketones is 1. The summed E-state index contributed by atoms with van der Waals surface area (Å²) in [4.78, 5) is 10.4. The van der Waals surface area contributed by atoms with E-state index in [1.807, 2.05) is 0 Å². The van der Waals surface area contributed by atoms with Gasteiger partial charge in [0.25, 0.3) is 0 Å². The molecule has 0 aliphatic heterocycles. The number of hydrogen-bond acceptors (Lipinski definition) is 2. The van der Waals surface area contributed by atoms with Crippen molar-refractivity contribution in [3.8, 4) is 0 Å². The van der Waals surface area contributed by atoms with Crippen LogP contribution in [0.3, 0.4) is 0 Å². The van der Waals surface area contributed by atoms with Crippen LogP contribution in [0, 0.1) is 0 Å². The molecule has 2 nitrogen and oxygen atoms in total. The van der Waals surface area contributed by atoms with E-state index >= 15 is 0 Å². The Balaban J connectivity index is 0. The van der Waals surface area contributed by atoms with Crippen LogP contribution in [0.25, 0.3) is 0 Å². The number of furan rings is 1. The number of carbonyl (C=O) groups excluding carboxylic acids is 1. The van der Waals surface area contributed by atoms with Crippen LogP contribution >= 0.6 is 0 Å². The molecule has 0 aliphatic carbocycles. The summed E-state index contributed by atoms with van der Waals surface area (Å²) in [5.74, 6) is 0.389. The second kappa shape index (κ2) is 6.65. The fourth-order valence-electron chi connectivity index (χ4n) is 0.479. The summed E-state index contributed by atoms with van der Waals surface area (Å²) in [5, 5.41) is 0. The molecule has 0 aromatic carbocycles. The third-order valence-electron chi connectivity index (χ3n) is 0.868. The van der Waals surface area contributed by atoms with Gasteiger partial charge < -0.3 is 4.42 Å². The van der Waals surface area contributed by atoms with Gasteiger partial charge in [0, 0.05) is 6.92 Å². The van der Waals surface area contributed by atoms with Crippen molar-refractivity contribution in [1.29, 1.82) is 0 Å². The second-order valence-corrected chi connectivity index (χ2v) is 1.53. The first-order chi connectivity index (χ1) is 3.80. The van der Waals surface area contributed by atoms with Gasteiger partial charge >= 0.3 is 59.1 Å². The molecule has 0 saturated carbocycles. The molecule has 0 radical (unpaired) electrons. The Morgan fingerprint density at radius 3 is 2.30 bits per heavy atom. The molecule has 0 saturated heterocycles. The van der Waals surface area contributed by atoms with Crippen LogP contribution < -0.4 is 0 Å². The van der Waals surface area contributed by atoms with Crippen molar-refractivity contribution in [2.75, 3.05) is 0 Å². The van der Waals surface area contributed by atoms with Gasteiger partial charge in [0.2, 0.25) is 0 Å². The van der Waals surface area contributed by atoms with Gasteiger partial charge in [-0.2, -0.15) is 0 Å². The predicted molar refractivity (Wildman–Crippen MR) is 43.0 cm³/mol. The normalized spacial score (nSPS) is 7.30. The van der Waals surface area contributed by atoms with Crippen LogP contribution in [0.2, 0.25) is 0 Å². The Bertz CT molecular complexity index is 182. The van der Waals surface area contributed by atoms with E-state index < -0.39 is 0 Å². The molecule has 0 spiro atoms. The SMILES string of the molecule is CC(=O)c1ccco1.[NaH].[NaH]. The Morgan fingerprint density at radius 1 is 1.50 bits per heavy atom. The van der Waals surface area contributed by atoms with Gasteiger partial charge in [-0.05, 0) is 12.1 Å². The third-order valence-corrected chi connectivity index (χ3v) is 0.868. The predicted octanol–water partition coefficient (Wildman–Crippen LogP) is 0.185. The molecular formula is C6H8Na2O2. The van der Waals surface area contributed by atoms with Gasteiger partial charge in [0.05, 0.1) is 6.26 Å². The molecule has 0 amide bonds. The molecule has 0 unspecified atom stereocenters. The standard InChI is InChI=1S/C6H6O2.2Na.2H/c1-5(7)6-3-2-4-8-6;;;;/h2-4H,1H3;;;;. The average Bonchev–Trinajstić information content (AvgIpc) is 2.12. The monoisotopic (exact) mass is 158 g/mol. The van der Waals surface area contributed by atoms with Crippen LogP contribution in [0.1, 0.15) is 17.5 Å². The zero-order valence-electron chi connectivity index (χ0n) is 4.55. The minimum absolute atomic E-state index is 0. The van der Waals surface area contributed by atoms with Crippen molar-refractivity contribution in [3.05, 3.63) is 24.2 Å². The molecule has 10 heavy (non-hydrogen) atoms. The average molecular weight is 158 g/mol. The number of Topliss-reactive ketones (excluding diaryl/α,β-unsaturated/α-hetero) is 1. The van der Waals surface area contributed by atoms with E-state index in [4.69, 9.17) is 4.42 Å². The van der Waals surface area contributed by atoms with E-state index in [1.54, 1.807) is 12.1 Å². The summed E-state index contributed by atoms with van der Waals surface area (Å²) in [5.41, 5.74) is 0. The van der Waals surface area contributed by atoms with Gasteiger partial charge in [0.15, 0.2) is 11.5 Å². The third kappa shape index (κ3) is 3.96. The molecule has 1 rings (SSSR count). The first-order valence-corrected chi connectivity index (χ1v) is 2.35. The quantitative estimate of drug-likeness (QED) is 0.431. The maximum atomic E-state index is 10.4. The van der Waals surface area contributed by atoms with Crippen LogP contribution in [-0.4, -0.2) is 64.9 Å². The molecule has 1 aromatic rings. The van der Waals surface area contributed by atoms with Gasteiger partial charge in [0.1, 0.15) is 0 Å². The van der Waals surface area contributed by atoms with Gasteiger partial charge in [-0.3, -0.25) is 4.79 Å². The van der Waals surface area contributed by atoms with E-state index in [9.17, 15) is 4.79 Å². The Morgan fingerprint density at radius 2 is 2.10 bits per heavy atom. The fraction of sp³-hybridized carbons (Fsp3) is 0.167. The summed E-state index contributed by atoms with van der Waals surface area (Å²) >= 11 is 0. The van der Waals surface area contributed by atoms with Crippen molar-refractivity contribution < 1.29 is 9.21 Å². The van der Waals surface area contributed by atoms with Gasteiger partial charge in [-0.15, -0.1) is 0 Å². The molecule has 0 atom stereocenters. The van der Waals surface area contributed by atoms with E-state index in [1.165, 1.54) is 13.2 Å². The molecule has 46 valence electrons. The molecule has 0 N–H and O–H groups in total. The Labute approximate surface area is 104 Å². The Hall–Kier alpha value is 0.950. The second-order valence-electron chi connectivity index (χ2n) is 1.53. The van der Waals surface area contributed by atoms with E-state index in [-0.39, 0.29) is 64.9 Å². The van der Waals surface area contributed by atoms with E-state index in [0.717, 1.165) is 0 Å². The fourth-order valence-corrected chi connectivity index (χ4v) is 0.479.